The molecule has 0 bridgehead atoms. The van der Waals surface area contributed by atoms with Crippen LogP contribution in [0.2, 0.25) is 0 Å². The number of carbonyl (C=O) groups is 4. The Hall–Kier alpha value is -3.94. The lowest BCUT2D eigenvalue weighted by Crippen LogP contribution is -2.50. The number of benzene rings is 1. The number of fused-ring (bicyclic) bond motifs is 1. The Labute approximate surface area is 253 Å². The molecule has 0 radical (unpaired) electrons. The topological polar surface area (TPSA) is 160 Å². The first kappa shape index (κ1) is 33.0. The number of carbonyl (C=O) groups excluding carboxylic acids is 3. The summed E-state index contributed by atoms with van der Waals surface area (Å²) in [5.74, 6) is -1.32. The maximum Gasteiger partial charge on any atom is 0.435 e. The molecule has 44 heavy (non-hydrogen) atoms. The number of alkyl halides is 3. The number of hydrogen-bond donors (Lipinski definition) is 4. The minimum absolute atomic E-state index is 0.0225. The Morgan fingerprint density at radius 1 is 1.14 bits per heavy atom. The number of Topliss-reactive ketones (excluding diaryl/α,β-unsaturated/α-hetero) is 1. The van der Waals surface area contributed by atoms with Crippen LogP contribution in [0.15, 0.2) is 18.2 Å². The molecule has 5 N–H and O–H groups in total. The number of aromatic nitrogens is 2. The van der Waals surface area contributed by atoms with Gasteiger partial charge in [-0.1, -0.05) is 20.3 Å². The second kappa shape index (κ2) is 13.4. The zero-order valence-electron chi connectivity index (χ0n) is 24.9. The number of ketones is 1. The van der Waals surface area contributed by atoms with Gasteiger partial charge in [-0.2, -0.15) is 18.3 Å². The third-order valence-corrected chi connectivity index (χ3v) is 8.19. The molecule has 11 nitrogen and oxygen atoms in total. The number of hydrazine groups is 1. The van der Waals surface area contributed by atoms with Gasteiger partial charge in [0.05, 0.1) is 22.5 Å². The zero-order valence-corrected chi connectivity index (χ0v) is 24.9. The van der Waals surface area contributed by atoms with E-state index in [1.165, 1.54) is 23.2 Å². The van der Waals surface area contributed by atoms with Crippen molar-refractivity contribution >= 4 is 29.8 Å². The van der Waals surface area contributed by atoms with Crippen LogP contribution >= 0.6 is 0 Å². The van der Waals surface area contributed by atoms with Gasteiger partial charge in [-0.05, 0) is 68.6 Å². The van der Waals surface area contributed by atoms with Crippen molar-refractivity contribution in [3.8, 4) is 5.69 Å². The van der Waals surface area contributed by atoms with Crippen LogP contribution in [-0.2, 0) is 17.4 Å². The van der Waals surface area contributed by atoms with E-state index < -0.39 is 40.6 Å². The molecule has 4 rings (SSSR count). The highest BCUT2D eigenvalue weighted by molar-refractivity contribution is 6.00. The Morgan fingerprint density at radius 3 is 2.43 bits per heavy atom. The predicted octanol–water partition coefficient (Wildman–Crippen LogP) is 5.11. The van der Waals surface area contributed by atoms with E-state index in [-0.39, 0.29) is 41.9 Å². The summed E-state index contributed by atoms with van der Waals surface area (Å²) < 4.78 is 43.0. The van der Waals surface area contributed by atoms with Gasteiger partial charge in [0.15, 0.2) is 11.5 Å². The number of anilines is 1. The summed E-state index contributed by atoms with van der Waals surface area (Å²) >= 11 is 0. The standard InChI is InChI=1S/C30H39F3N6O5/c1-29(2)16-23-25(24(41)17-29)26(30(31,32)33)37-39(23)20-11-12-21(27(34)42)22(15-20)35-18-7-9-19(10-8-18)36-38(28(43)44)13-5-3-4-6-14-40/h11-12,14-15,18-19,35-36H,3-10,13,16-17H2,1-2H3,(H2,34,42)(H,43,44)/t18-,19-. The van der Waals surface area contributed by atoms with Gasteiger partial charge in [-0.3, -0.25) is 9.59 Å². The van der Waals surface area contributed by atoms with Crippen molar-refractivity contribution in [2.24, 2.45) is 11.1 Å². The third kappa shape index (κ3) is 7.76. The Morgan fingerprint density at radius 2 is 1.82 bits per heavy atom. The number of hydrogen-bond acceptors (Lipinski definition) is 7. The fraction of sp³-hybridized carbons (Fsp3) is 0.567. The third-order valence-electron chi connectivity index (χ3n) is 8.19. The maximum absolute atomic E-state index is 13.9. The van der Waals surface area contributed by atoms with Crippen LogP contribution in [0.5, 0.6) is 0 Å². The molecule has 1 aromatic carbocycles. The molecule has 2 amide bonds. The SMILES string of the molecule is CC1(C)CC(=O)c2c(C(F)(F)F)nn(-c3ccc(C(N)=O)c(N[C@H]4CC[C@H](NN(CCCCCC=O)C(=O)O)CC4)c3)c2C1. The summed E-state index contributed by atoms with van der Waals surface area (Å²) in [5.41, 5.74) is 7.45. The van der Waals surface area contributed by atoms with Crippen molar-refractivity contribution in [1.29, 1.82) is 0 Å². The van der Waals surface area contributed by atoms with E-state index in [4.69, 9.17) is 5.73 Å². The van der Waals surface area contributed by atoms with Crippen LogP contribution in [-0.4, -0.2) is 62.6 Å². The highest BCUT2D eigenvalue weighted by Gasteiger charge is 2.45. The van der Waals surface area contributed by atoms with Gasteiger partial charge in [0, 0.05) is 37.2 Å². The summed E-state index contributed by atoms with van der Waals surface area (Å²) in [6.07, 6.45) is 0.206. The number of rotatable bonds is 12. The Bertz CT molecular complexity index is 1400. The molecule has 0 unspecified atom stereocenters. The molecule has 1 heterocycles. The molecule has 0 atom stereocenters. The molecule has 240 valence electrons. The molecule has 2 aromatic rings. The Kier molecular flexibility index (Phi) is 10.0. The molecule has 2 aliphatic carbocycles. The minimum Gasteiger partial charge on any atom is -0.464 e. The van der Waals surface area contributed by atoms with Crippen molar-refractivity contribution < 1.29 is 37.5 Å². The lowest BCUT2D eigenvalue weighted by Gasteiger charge is -2.33. The maximum atomic E-state index is 13.9. The number of nitrogens with two attached hydrogens (primary N) is 1. The van der Waals surface area contributed by atoms with Crippen molar-refractivity contribution in [3.05, 3.63) is 40.7 Å². The first-order valence-electron chi connectivity index (χ1n) is 14.8. The van der Waals surface area contributed by atoms with Crippen LogP contribution in [0.25, 0.3) is 5.69 Å². The van der Waals surface area contributed by atoms with Gasteiger partial charge in [0.1, 0.15) is 6.29 Å². The number of nitrogens with zero attached hydrogens (tertiary/aromatic N) is 3. The Balaban J connectivity index is 1.51. The van der Waals surface area contributed by atoms with Crippen LogP contribution in [0.3, 0.4) is 0 Å². The average Bonchev–Trinajstić information content (AvgIpc) is 3.32. The fourth-order valence-corrected chi connectivity index (χ4v) is 6.06. The second-order valence-electron chi connectivity index (χ2n) is 12.4. The van der Waals surface area contributed by atoms with Crippen molar-refractivity contribution in [3.63, 3.8) is 0 Å². The normalized spacial score (nSPS) is 19.7. The first-order chi connectivity index (χ1) is 20.7. The van der Waals surface area contributed by atoms with E-state index in [2.05, 4.69) is 15.8 Å². The van der Waals surface area contributed by atoms with E-state index in [1.807, 2.05) is 13.8 Å². The molecule has 1 aromatic heterocycles. The van der Waals surface area contributed by atoms with Crippen molar-refractivity contribution in [1.82, 2.24) is 20.2 Å². The molecule has 1 saturated carbocycles. The summed E-state index contributed by atoms with van der Waals surface area (Å²) in [5, 5.41) is 17.9. The molecule has 0 spiro atoms. The molecular weight excluding hydrogens is 581 g/mol. The smallest absolute Gasteiger partial charge is 0.435 e. The lowest BCUT2D eigenvalue weighted by atomic mass is 9.75. The molecule has 14 heteroatoms. The minimum atomic E-state index is -4.82. The lowest BCUT2D eigenvalue weighted by molar-refractivity contribution is -0.141. The highest BCUT2D eigenvalue weighted by atomic mass is 19.4. The van der Waals surface area contributed by atoms with Crippen LogP contribution in [0.1, 0.15) is 104 Å². The number of carboxylic acid groups (broad SMARTS) is 1. The number of primary amides is 1. The number of nitrogens with one attached hydrogen (secondary N) is 2. The van der Waals surface area contributed by atoms with E-state index in [0.717, 1.165) is 17.4 Å². The average molecular weight is 621 g/mol. The predicted molar refractivity (Wildman–Crippen MR) is 156 cm³/mol. The van der Waals surface area contributed by atoms with Crippen molar-refractivity contribution in [2.75, 3.05) is 11.9 Å². The monoisotopic (exact) mass is 620 g/mol. The molecule has 2 aliphatic rings. The number of unbranched alkanes of at least 4 members (excludes halogenated alkanes) is 3. The summed E-state index contributed by atoms with van der Waals surface area (Å²) in [7, 11) is 0. The highest BCUT2D eigenvalue weighted by Crippen LogP contribution is 2.42. The van der Waals surface area contributed by atoms with Gasteiger partial charge in [-0.15, -0.1) is 0 Å². The molecule has 0 saturated heterocycles. The van der Waals surface area contributed by atoms with Gasteiger partial charge in [0.25, 0.3) is 5.91 Å². The summed E-state index contributed by atoms with van der Waals surface area (Å²) in [6, 6.07) is 4.23. The van der Waals surface area contributed by atoms with Crippen LogP contribution in [0, 0.1) is 5.41 Å². The van der Waals surface area contributed by atoms with Gasteiger partial charge in [0.2, 0.25) is 0 Å². The van der Waals surface area contributed by atoms with E-state index in [9.17, 15) is 37.5 Å². The molecule has 0 aliphatic heterocycles. The van der Waals surface area contributed by atoms with Gasteiger partial charge >= 0.3 is 12.3 Å². The summed E-state index contributed by atoms with van der Waals surface area (Å²) in [6.45, 7) is 3.94. The van der Waals surface area contributed by atoms with E-state index in [0.29, 0.717) is 57.2 Å². The van der Waals surface area contributed by atoms with Crippen LogP contribution < -0.4 is 16.5 Å². The van der Waals surface area contributed by atoms with E-state index >= 15 is 0 Å². The van der Waals surface area contributed by atoms with Gasteiger partial charge in [-0.25, -0.2) is 19.9 Å². The number of aldehydes is 1. The number of amides is 2. The van der Waals surface area contributed by atoms with Crippen LogP contribution in [0.4, 0.5) is 23.7 Å². The summed E-state index contributed by atoms with van der Waals surface area (Å²) in [4.78, 5) is 47.3. The second-order valence-corrected chi connectivity index (χ2v) is 12.4. The van der Waals surface area contributed by atoms with Crippen molar-refractivity contribution in [2.45, 2.75) is 96.3 Å². The molecule has 1 fully saturated rings. The quantitative estimate of drug-likeness (QED) is 0.145. The largest absolute Gasteiger partial charge is 0.464 e. The molecular formula is C30H39F3N6O5. The number of halogens is 3. The fourth-order valence-electron chi connectivity index (χ4n) is 6.06. The zero-order chi connectivity index (χ0) is 32.2. The van der Waals surface area contributed by atoms with Gasteiger partial charge < -0.3 is 21.0 Å². The van der Waals surface area contributed by atoms with E-state index in [1.54, 1.807) is 0 Å². The first-order valence-corrected chi connectivity index (χ1v) is 14.8.